The van der Waals surface area contributed by atoms with Crippen molar-refractivity contribution in [1.29, 1.82) is 0 Å². The second-order valence-corrected chi connectivity index (χ2v) is 9.14. The molecular weight excluding hydrogens is 474 g/mol. The summed E-state index contributed by atoms with van der Waals surface area (Å²) in [6.45, 7) is 1.95. The quantitative estimate of drug-likeness (QED) is 0.236. The molecule has 8 heteroatoms. The monoisotopic (exact) mass is 499 g/mol. The zero-order valence-corrected chi connectivity index (χ0v) is 20.3. The van der Waals surface area contributed by atoms with E-state index in [2.05, 4.69) is 0 Å². The van der Waals surface area contributed by atoms with Gasteiger partial charge >= 0.3 is 5.97 Å². The Hall–Kier alpha value is -4.59. The zero-order valence-electron chi connectivity index (χ0n) is 20.3. The molecule has 2 unspecified atom stereocenters. The van der Waals surface area contributed by atoms with Crippen molar-refractivity contribution >= 4 is 29.1 Å². The molecule has 188 valence electrons. The van der Waals surface area contributed by atoms with Crippen molar-refractivity contribution in [2.24, 2.45) is 0 Å². The highest BCUT2D eigenvalue weighted by Gasteiger charge is 2.47. The van der Waals surface area contributed by atoms with Crippen molar-refractivity contribution in [2.45, 2.75) is 31.9 Å². The Morgan fingerprint density at radius 1 is 1.05 bits per heavy atom. The van der Waals surface area contributed by atoms with Crippen LogP contribution in [-0.2, 0) is 32.0 Å². The first-order valence-electron chi connectivity index (χ1n) is 11.8. The van der Waals surface area contributed by atoms with E-state index < -0.39 is 23.7 Å². The Balaban J connectivity index is 1.61. The largest absolute Gasteiger partial charge is 0.508 e. The Labute approximate surface area is 213 Å². The minimum atomic E-state index is -0.935. The normalized spacial score (nSPS) is 20.0. The summed E-state index contributed by atoms with van der Waals surface area (Å²) in [7, 11) is 1.31. The van der Waals surface area contributed by atoms with E-state index in [1.165, 1.54) is 24.1 Å². The highest BCUT2D eigenvalue weighted by atomic mass is 16.5. The molecule has 1 fully saturated rings. The lowest BCUT2D eigenvalue weighted by atomic mass is 9.94. The summed E-state index contributed by atoms with van der Waals surface area (Å²) >= 11 is 0. The fourth-order valence-corrected chi connectivity index (χ4v) is 4.81. The van der Waals surface area contributed by atoms with Crippen LogP contribution in [0.2, 0.25) is 0 Å². The van der Waals surface area contributed by atoms with E-state index >= 15 is 0 Å². The van der Waals surface area contributed by atoms with Gasteiger partial charge in [-0.1, -0.05) is 24.3 Å². The summed E-state index contributed by atoms with van der Waals surface area (Å²) in [5.41, 5.74) is 2.91. The molecule has 1 amide bonds. The summed E-state index contributed by atoms with van der Waals surface area (Å²) in [4.78, 5) is 39.6. The summed E-state index contributed by atoms with van der Waals surface area (Å²) in [6.07, 6.45) is 0.749. The number of Topliss-reactive ketones (excluding diaryl/α,β-unsaturated/α-hetero) is 1. The van der Waals surface area contributed by atoms with Crippen LogP contribution in [0.4, 0.5) is 5.69 Å². The van der Waals surface area contributed by atoms with Gasteiger partial charge in [0, 0.05) is 17.7 Å². The molecule has 1 saturated heterocycles. The van der Waals surface area contributed by atoms with E-state index in [1.807, 2.05) is 6.92 Å². The van der Waals surface area contributed by atoms with Crippen molar-refractivity contribution < 1.29 is 34.1 Å². The Morgan fingerprint density at radius 2 is 1.76 bits per heavy atom. The van der Waals surface area contributed by atoms with Gasteiger partial charge < -0.3 is 19.7 Å². The number of fused-ring (bicyclic) bond motifs is 1. The van der Waals surface area contributed by atoms with Crippen molar-refractivity contribution in [3.8, 4) is 11.5 Å². The fourth-order valence-electron chi connectivity index (χ4n) is 4.81. The fraction of sp³-hybridized carbons (Fsp3) is 0.207. The SMILES string of the molecule is COC(=O)Cc1ccc(N2C(=O)C(=O)/C(=C(\O)c3ccc4c(c3)CC(C)O4)C2c2ccc(O)cc2)cc1. The number of esters is 1. The maximum absolute atomic E-state index is 13.3. The number of carbonyl (C=O) groups excluding carboxylic acids is 3. The molecule has 2 N–H and O–H groups in total. The Bertz CT molecular complexity index is 1420. The number of methoxy groups -OCH3 is 1. The number of nitrogens with zero attached hydrogens (tertiary/aromatic N) is 1. The number of carbonyl (C=O) groups is 3. The number of ether oxygens (including phenoxy) is 2. The van der Waals surface area contributed by atoms with Gasteiger partial charge in [-0.15, -0.1) is 0 Å². The van der Waals surface area contributed by atoms with E-state index in [0.717, 1.165) is 11.3 Å². The number of aromatic hydroxyl groups is 1. The van der Waals surface area contributed by atoms with Crippen molar-refractivity contribution in [3.63, 3.8) is 0 Å². The number of ketones is 1. The Morgan fingerprint density at radius 3 is 2.43 bits per heavy atom. The molecule has 37 heavy (non-hydrogen) atoms. The van der Waals surface area contributed by atoms with Crippen LogP contribution in [0, 0.1) is 0 Å². The lowest BCUT2D eigenvalue weighted by molar-refractivity contribution is -0.139. The number of aliphatic hydroxyl groups excluding tert-OH is 1. The van der Waals surface area contributed by atoms with Gasteiger partial charge in [-0.3, -0.25) is 19.3 Å². The third kappa shape index (κ3) is 4.42. The third-order valence-electron chi connectivity index (χ3n) is 6.61. The highest BCUT2D eigenvalue weighted by molar-refractivity contribution is 6.51. The van der Waals surface area contributed by atoms with Crippen LogP contribution in [0.3, 0.4) is 0 Å². The van der Waals surface area contributed by atoms with Gasteiger partial charge in [0.05, 0.1) is 25.1 Å². The standard InChI is InChI=1S/C29H25NO7/c1-16-13-20-15-19(7-12-23(20)37-16)27(33)25-26(18-5-10-22(31)11-6-18)30(29(35)28(25)34)21-8-3-17(4-9-21)14-24(32)36-2/h3-12,15-16,26,31,33H,13-14H2,1-2H3/b27-25-. The smallest absolute Gasteiger partial charge is 0.309 e. The second-order valence-electron chi connectivity index (χ2n) is 9.14. The molecule has 2 atom stereocenters. The average Bonchev–Trinajstić information content (AvgIpc) is 3.40. The highest BCUT2D eigenvalue weighted by Crippen LogP contribution is 2.43. The van der Waals surface area contributed by atoms with Crippen LogP contribution < -0.4 is 9.64 Å². The van der Waals surface area contributed by atoms with Crippen LogP contribution in [0.25, 0.3) is 5.76 Å². The van der Waals surface area contributed by atoms with Gasteiger partial charge in [-0.05, 0) is 66.1 Å². The molecule has 2 heterocycles. The summed E-state index contributed by atoms with van der Waals surface area (Å²) in [6, 6.07) is 17.0. The lowest BCUT2D eigenvalue weighted by Crippen LogP contribution is -2.29. The molecule has 3 aromatic carbocycles. The molecule has 0 aliphatic carbocycles. The number of rotatable bonds is 5. The van der Waals surface area contributed by atoms with Crippen LogP contribution in [-0.4, -0.2) is 41.1 Å². The molecule has 2 aliphatic heterocycles. The number of amides is 1. The van der Waals surface area contributed by atoms with E-state index in [0.29, 0.717) is 28.8 Å². The number of anilines is 1. The van der Waals surface area contributed by atoms with Crippen LogP contribution >= 0.6 is 0 Å². The molecule has 2 aliphatic rings. The number of phenols is 1. The van der Waals surface area contributed by atoms with Crippen molar-refractivity contribution in [3.05, 3.63) is 94.6 Å². The predicted molar refractivity (Wildman–Crippen MR) is 135 cm³/mol. The molecule has 3 aromatic rings. The molecular formula is C29H25NO7. The zero-order chi connectivity index (χ0) is 26.3. The van der Waals surface area contributed by atoms with Gasteiger partial charge in [0.1, 0.15) is 23.4 Å². The molecule has 0 aromatic heterocycles. The maximum atomic E-state index is 13.3. The molecule has 5 rings (SSSR count). The molecule has 0 saturated carbocycles. The minimum Gasteiger partial charge on any atom is -0.508 e. The van der Waals surface area contributed by atoms with Crippen molar-refractivity contribution in [2.75, 3.05) is 12.0 Å². The van der Waals surface area contributed by atoms with Crippen LogP contribution in [0.1, 0.15) is 35.2 Å². The van der Waals surface area contributed by atoms with E-state index in [1.54, 1.807) is 54.6 Å². The van der Waals surface area contributed by atoms with Crippen LogP contribution in [0.5, 0.6) is 11.5 Å². The van der Waals surface area contributed by atoms with Gasteiger partial charge in [0.2, 0.25) is 0 Å². The summed E-state index contributed by atoms with van der Waals surface area (Å²) < 4.78 is 10.4. The predicted octanol–water partition coefficient (Wildman–Crippen LogP) is 4.06. The summed E-state index contributed by atoms with van der Waals surface area (Å²) in [5, 5.41) is 21.2. The molecule has 8 nitrogen and oxygen atoms in total. The van der Waals surface area contributed by atoms with Gasteiger partial charge in [-0.2, -0.15) is 0 Å². The van der Waals surface area contributed by atoms with Crippen molar-refractivity contribution in [1.82, 2.24) is 0 Å². The van der Waals surface area contributed by atoms with Gasteiger partial charge in [-0.25, -0.2) is 0 Å². The minimum absolute atomic E-state index is 0.0112. The Kier molecular flexibility index (Phi) is 6.17. The third-order valence-corrected chi connectivity index (χ3v) is 6.61. The molecule has 0 radical (unpaired) electrons. The van der Waals surface area contributed by atoms with E-state index in [-0.39, 0.29) is 29.6 Å². The molecule has 0 bridgehead atoms. The average molecular weight is 500 g/mol. The number of benzene rings is 3. The second kappa shape index (κ2) is 9.46. The first kappa shape index (κ1) is 24.1. The number of hydrogen-bond donors (Lipinski definition) is 2. The topological polar surface area (TPSA) is 113 Å². The lowest BCUT2D eigenvalue weighted by Gasteiger charge is -2.25. The molecule has 0 spiro atoms. The van der Waals surface area contributed by atoms with Gasteiger partial charge in [0.25, 0.3) is 11.7 Å². The first-order valence-corrected chi connectivity index (χ1v) is 11.8. The van der Waals surface area contributed by atoms with E-state index in [9.17, 15) is 24.6 Å². The summed E-state index contributed by atoms with van der Waals surface area (Å²) in [5.74, 6) is -1.54. The van der Waals surface area contributed by atoms with Gasteiger partial charge in [0.15, 0.2) is 0 Å². The van der Waals surface area contributed by atoms with Crippen LogP contribution in [0.15, 0.2) is 72.3 Å². The number of hydrogen-bond acceptors (Lipinski definition) is 7. The number of phenolic OH excluding ortho intramolecular Hbond substituents is 1. The maximum Gasteiger partial charge on any atom is 0.309 e. The van der Waals surface area contributed by atoms with E-state index in [4.69, 9.17) is 9.47 Å². The number of aliphatic hydroxyl groups is 1. The first-order chi connectivity index (χ1) is 17.8.